The average Bonchev–Trinajstić information content (AvgIpc) is 2.76. The Hall–Kier alpha value is -0.530. The molecule has 15 heavy (non-hydrogen) atoms. The van der Waals surface area contributed by atoms with Crippen molar-refractivity contribution in [3.63, 3.8) is 0 Å². The van der Waals surface area contributed by atoms with E-state index in [0.717, 1.165) is 32.7 Å². The van der Waals surface area contributed by atoms with Crippen LogP contribution < -0.4 is 5.32 Å². The van der Waals surface area contributed by atoms with E-state index in [4.69, 9.17) is 0 Å². The summed E-state index contributed by atoms with van der Waals surface area (Å²) >= 11 is 6.54. The number of hydrogen-bond donors (Lipinski definition) is 1. The second-order valence-corrected chi connectivity index (χ2v) is 5.80. The number of nitrogens with zero attached hydrogens (tertiary/aromatic N) is 3. The summed E-state index contributed by atoms with van der Waals surface area (Å²) in [6, 6.07) is 0. The predicted molar refractivity (Wildman–Crippen MR) is 66.7 cm³/mol. The molecule has 0 fully saturated rings. The molecule has 0 saturated heterocycles. The third-order valence-corrected chi connectivity index (χ3v) is 4.07. The lowest BCUT2D eigenvalue weighted by Gasteiger charge is -1.98. The summed E-state index contributed by atoms with van der Waals surface area (Å²) in [7, 11) is 0. The minimum absolute atomic E-state index is 0.842. The summed E-state index contributed by atoms with van der Waals surface area (Å²) in [5.41, 5.74) is 0. The van der Waals surface area contributed by atoms with Gasteiger partial charge in [0.1, 0.15) is 14.6 Å². The van der Waals surface area contributed by atoms with Crippen LogP contribution in [-0.4, -0.2) is 21.7 Å². The van der Waals surface area contributed by atoms with Gasteiger partial charge in [-0.1, -0.05) is 0 Å². The number of anilines is 1. The van der Waals surface area contributed by atoms with E-state index < -0.39 is 0 Å². The van der Waals surface area contributed by atoms with E-state index in [1.54, 1.807) is 22.7 Å². The lowest BCUT2D eigenvalue weighted by atomic mass is 10.4. The topological polar surface area (TPSA) is 50.7 Å². The molecule has 0 spiro atoms. The highest BCUT2D eigenvalue weighted by Gasteiger charge is 2.01. The highest BCUT2D eigenvalue weighted by atomic mass is 79.9. The molecule has 2 aromatic heterocycles. The minimum Gasteiger partial charge on any atom is -0.361 e. The van der Waals surface area contributed by atoms with Crippen molar-refractivity contribution in [2.24, 2.45) is 0 Å². The van der Waals surface area contributed by atoms with Gasteiger partial charge in [0, 0.05) is 18.3 Å². The normalized spacial score (nSPS) is 10.5. The minimum atomic E-state index is 0.842. The van der Waals surface area contributed by atoms with Crippen molar-refractivity contribution in [3.05, 3.63) is 20.0 Å². The van der Waals surface area contributed by atoms with E-state index in [-0.39, 0.29) is 0 Å². The first-order valence-electron chi connectivity index (χ1n) is 4.38. The standard InChI is InChI=1S/C8H9BrN4S2/c1-5-12-13-7(15-5)2-3-10-8-11-6(9)4-14-8/h4H,2-3H2,1H3,(H,10,11). The van der Waals surface area contributed by atoms with Crippen LogP contribution in [0.15, 0.2) is 9.98 Å². The molecule has 2 aromatic rings. The molecule has 2 heterocycles. The van der Waals surface area contributed by atoms with E-state index in [1.165, 1.54) is 0 Å². The summed E-state index contributed by atoms with van der Waals surface area (Å²) in [6.45, 7) is 2.81. The van der Waals surface area contributed by atoms with E-state index in [0.29, 0.717) is 0 Å². The van der Waals surface area contributed by atoms with Gasteiger partial charge in [0.2, 0.25) is 0 Å². The summed E-state index contributed by atoms with van der Waals surface area (Å²) in [5.74, 6) is 0. The second-order valence-electron chi connectivity index (χ2n) is 2.87. The Labute approximate surface area is 104 Å². The number of nitrogens with one attached hydrogen (secondary N) is 1. The largest absolute Gasteiger partial charge is 0.361 e. The number of aromatic nitrogens is 3. The molecule has 0 bridgehead atoms. The van der Waals surface area contributed by atoms with Crippen LogP contribution in [0.2, 0.25) is 0 Å². The van der Waals surface area contributed by atoms with Crippen molar-refractivity contribution in [2.75, 3.05) is 11.9 Å². The average molecular weight is 305 g/mol. The first kappa shape index (κ1) is 11.0. The summed E-state index contributed by atoms with van der Waals surface area (Å²) < 4.78 is 0.877. The summed E-state index contributed by atoms with van der Waals surface area (Å²) in [5, 5.41) is 16.2. The van der Waals surface area contributed by atoms with Crippen molar-refractivity contribution < 1.29 is 0 Å². The van der Waals surface area contributed by atoms with Gasteiger partial charge in [0.15, 0.2) is 5.13 Å². The van der Waals surface area contributed by atoms with Gasteiger partial charge in [-0.05, 0) is 22.9 Å². The zero-order chi connectivity index (χ0) is 10.7. The molecule has 0 aliphatic heterocycles. The highest BCUT2D eigenvalue weighted by molar-refractivity contribution is 9.10. The maximum atomic E-state index is 4.24. The maximum Gasteiger partial charge on any atom is 0.183 e. The fraction of sp³-hybridized carbons (Fsp3) is 0.375. The Morgan fingerprint density at radius 3 is 2.93 bits per heavy atom. The zero-order valence-electron chi connectivity index (χ0n) is 8.03. The molecule has 80 valence electrons. The van der Waals surface area contributed by atoms with Crippen LogP contribution in [0.1, 0.15) is 10.0 Å². The van der Waals surface area contributed by atoms with Crippen molar-refractivity contribution in [1.82, 2.24) is 15.2 Å². The van der Waals surface area contributed by atoms with Crippen LogP contribution >= 0.6 is 38.6 Å². The first-order valence-corrected chi connectivity index (χ1v) is 6.87. The molecular formula is C8H9BrN4S2. The molecule has 0 aliphatic carbocycles. The highest BCUT2D eigenvalue weighted by Crippen LogP contribution is 2.19. The van der Waals surface area contributed by atoms with Gasteiger partial charge in [0.25, 0.3) is 0 Å². The van der Waals surface area contributed by atoms with Crippen molar-refractivity contribution in [1.29, 1.82) is 0 Å². The second kappa shape index (κ2) is 5.00. The number of halogens is 1. The van der Waals surface area contributed by atoms with Gasteiger partial charge >= 0.3 is 0 Å². The van der Waals surface area contributed by atoms with Crippen molar-refractivity contribution in [3.8, 4) is 0 Å². The van der Waals surface area contributed by atoms with Gasteiger partial charge in [0.05, 0.1) is 0 Å². The van der Waals surface area contributed by atoms with Gasteiger partial charge in [-0.15, -0.1) is 32.9 Å². The Bertz CT molecular complexity index is 399. The van der Waals surface area contributed by atoms with Crippen LogP contribution in [-0.2, 0) is 6.42 Å². The fourth-order valence-corrected chi connectivity index (χ4v) is 2.93. The lowest BCUT2D eigenvalue weighted by Crippen LogP contribution is -2.04. The van der Waals surface area contributed by atoms with Gasteiger partial charge in [-0.3, -0.25) is 0 Å². The molecule has 0 aliphatic rings. The van der Waals surface area contributed by atoms with E-state index >= 15 is 0 Å². The van der Waals surface area contributed by atoms with Gasteiger partial charge in [-0.25, -0.2) is 4.98 Å². The maximum absolute atomic E-state index is 4.24. The molecule has 4 nitrogen and oxygen atoms in total. The van der Waals surface area contributed by atoms with Gasteiger partial charge < -0.3 is 5.32 Å². The van der Waals surface area contributed by atoms with E-state index in [1.807, 2.05) is 12.3 Å². The quantitative estimate of drug-likeness (QED) is 0.943. The zero-order valence-corrected chi connectivity index (χ0v) is 11.2. The number of thiazole rings is 1. The third-order valence-electron chi connectivity index (χ3n) is 1.66. The van der Waals surface area contributed by atoms with E-state index in [9.17, 15) is 0 Å². The fourth-order valence-electron chi connectivity index (χ4n) is 1.05. The van der Waals surface area contributed by atoms with Gasteiger partial charge in [-0.2, -0.15) is 0 Å². The van der Waals surface area contributed by atoms with Crippen LogP contribution in [0, 0.1) is 6.92 Å². The number of hydrogen-bond acceptors (Lipinski definition) is 6. The molecular weight excluding hydrogens is 296 g/mol. The first-order chi connectivity index (χ1) is 7.24. The SMILES string of the molecule is Cc1nnc(CCNc2nc(Br)cs2)s1. The van der Waals surface area contributed by atoms with Crippen molar-refractivity contribution in [2.45, 2.75) is 13.3 Å². The molecule has 0 radical (unpaired) electrons. The van der Waals surface area contributed by atoms with Crippen LogP contribution in [0.5, 0.6) is 0 Å². The number of rotatable bonds is 4. The smallest absolute Gasteiger partial charge is 0.183 e. The monoisotopic (exact) mass is 304 g/mol. The molecule has 7 heteroatoms. The number of aryl methyl sites for hydroxylation is 1. The summed E-state index contributed by atoms with van der Waals surface area (Å²) in [4.78, 5) is 4.24. The molecule has 0 amide bonds. The Morgan fingerprint density at radius 2 is 2.33 bits per heavy atom. The molecule has 0 atom stereocenters. The molecule has 0 saturated carbocycles. The molecule has 0 aromatic carbocycles. The third kappa shape index (κ3) is 3.22. The summed E-state index contributed by atoms with van der Waals surface area (Å²) in [6.07, 6.45) is 0.892. The van der Waals surface area contributed by atoms with E-state index in [2.05, 4.69) is 36.4 Å². The van der Waals surface area contributed by atoms with Crippen LogP contribution in [0.3, 0.4) is 0 Å². The van der Waals surface area contributed by atoms with Crippen LogP contribution in [0.25, 0.3) is 0 Å². The predicted octanol–water partition coefficient (Wildman–Crippen LogP) is 2.72. The molecule has 0 unspecified atom stereocenters. The Kier molecular flexibility index (Phi) is 3.66. The lowest BCUT2D eigenvalue weighted by molar-refractivity contribution is 0.929. The molecule has 1 N–H and O–H groups in total. The Balaban J connectivity index is 1.80. The van der Waals surface area contributed by atoms with Crippen LogP contribution in [0.4, 0.5) is 5.13 Å². The van der Waals surface area contributed by atoms with Crippen molar-refractivity contribution >= 4 is 43.7 Å². The molecule has 2 rings (SSSR count). The Morgan fingerprint density at radius 1 is 1.47 bits per heavy atom.